The maximum absolute atomic E-state index is 12.4. The second-order valence-corrected chi connectivity index (χ2v) is 6.88. The first-order chi connectivity index (χ1) is 12.3. The van der Waals surface area contributed by atoms with Crippen LogP contribution in [0.25, 0.3) is 0 Å². The predicted molar refractivity (Wildman–Crippen MR) is 95.8 cm³/mol. The summed E-state index contributed by atoms with van der Waals surface area (Å²) < 4.78 is 11.2. The normalized spacial score (nSPS) is 21.8. The highest BCUT2D eigenvalue weighted by Crippen LogP contribution is 2.28. The van der Waals surface area contributed by atoms with E-state index in [4.69, 9.17) is 9.47 Å². The molecule has 138 valence electrons. The van der Waals surface area contributed by atoms with Crippen molar-refractivity contribution in [3.63, 3.8) is 0 Å². The van der Waals surface area contributed by atoms with E-state index < -0.39 is 0 Å². The second kappa shape index (κ2) is 9.04. The number of rotatable bonds is 5. The largest absolute Gasteiger partial charge is 0.481 e. The van der Waals surface area contributed by atoms with Crippen LogP contribution in [0.15, 0.2) is 18.3 Å². The molecule has 25 heavy (non-hydrogen) atoms. The van der Waals surface area contributed by atoms with Crippen LogP contribution >= 0.6 is 0 Å². The van der Waals surface area contributed by atoms with Gasteiger partial charge in [0, 0.05) is 38.0 Å². The summed E-state index contributed by atoms with van der Waals surface area (Å²) in [5.74, 6) is 1.24. The Bertz CT molecular complexity index is 553. The lowest BCUT2D eigenvalue weighted by molar-refractivity contribution is -0.0348. The molecule has 2 aliphatic rings. The van der Waals surface area contributed by atoms with E-state index in [2.05, 4.69) is 10.3 Å². The van der Waals surface area contributed by atoms with Crippen molar-refractivity contribution in [2.45, 2.75) is 44.6 Å². The number of aromatic nitrogens is 1. The van der Waals surface area contributed by atoms with Crippen LogP contribution < -0.4 is 10.1 Å². The molecule has 1 aromatic rings. The molecule has 0 saturated carbocycles. The van der Waals surface area contributed by atoms with Gasteiger partial charge < -0.3 is 19.7 Å². The third-order valence-electron chi connectivity index (χ3n) is 5.28. The van der Waals surface area contributed by atoms with E-state index in [1.165, 1.54) is 19.3 Å². The Morgan fingerprint density at radius 3 is 2.92 bits per heavy atom. The number of carbonyl (C=O) groups excluding carboxylic acids is 1. The van der Waals surface area contributed by atoms with E-state index in [1.807, 2.05) is 17.0 Å². The van der Waals surface area contributed by atoms with Crippen LogP contribution in [0, 0.1) is 5.92 Å². The molecule has 0 spiro atoms. The Balaban J connectivity index is 1.39. The fraction of sp³-hybridized carbons (Fsp3) is 0.684. The van der Waals surface area contributed by atoms with Crippen LogP contribution in [0.5, 0.6) is 5.88 Å². The Labute approximate surface area is 149 Å². The average Bonchev–Trinajstić information content (AvgIpc) is 2.69. The number of methoxy groups -OCH3 is 1. The van der Waals surface area contributed by atoms with E-state index in [9.17, 15) is 4.79 Å². The zero-order valence-corrected chi connectivity index (χ0v) is 15.1. The van der Waals surface area contributed by atoms with Gasteiger partial charge >= 0.3 is 6.03 Å². The number of hydrogen-bond acceptors (Lipinski definition) is 4. The van der Waals surface area contributed by atoms with Gasteiger partial charge in [-0.15, -0.1) is 0 Å². The van der Waals surface area contributed by atoms with Gasteiger partial charge in [-0.05, 0) is 50.5 Å². The first kappa shape index (κ1) is 18.0. The summed E-state index contributed by atoms with van der Waals surface area (Å²) in [5, 5.41) is 3.02. The van der Waals surface area contributed by atoms with Gasteiger partial charge in [-0.2, -0.15) is 0 Å². The summed E-state index contributed by atoms with van der Waals surface area (Å²) in [6.45, 7) is 3.15. The lowest BCUT2D eigenvalue weighted by Gasteiger charge is -2.37. The fourth-order valence-corrected chi connectivity index (χ4v) is 3.83. The zero-order valence-electron chi connectivity index (χ0n) is 15.1. The molecule has 0 aromatic carbocycles. The smallest absolute Gasteiger partial charge is 0.317 e. The minimum absolute atomic E-state index is 0.0332. The van der Waals surface area contributed by atoms with Gasteiger partial charge in [0.15, 0.2) is 0 Å². The molecule has 0 aliphatic carbocycles. The zero-order chi connectivity index (χ0) is 17.5. The highest BCUT2D eigenvalue weighted by molar-refractivity contribution is 5.74. The third kappa shape index (κ3) is 4.84. The number of amides is 2. The molecule has 1 atom stereocenters. The number of urea groups is 1. The van der Waals surface area contributed by atoms with Gasteiger partial charge in [-0.3, -0.25) is 0 Å². The van der Waals surface area contributed by atoms with Gasteiger partial charge in [0.1, 0.15) is 0 Å². The number of ether oxygens (including phenoxy) is 2. The fourth-order valence-electron chi connectivity index (χ4n) is 3.83. The summed E-state index contributed by atoms with van der Waals surface area (Å²) in [5.41, 5.74) is 1.01. The number of likely N-dealkylation sites (tertiary alicyclic amines) is 1. The van der Waals surface area contributed by atoms with E-state index in [0.29, 0.717) is 24.4 Å². The first-order valence-electron chi connectivity index (χ1n) is 9.40. The predicted octanol–water partition coefficient (Wildman–Crippen LogP) is 2.62. The molecule has 2 saturated heterocycles. The maximum Gasteiger partial charge on any atom is 0.317 e. The molecule has 1 aromatic heterocycles. The first-order valence-corrected chi connectivity index (χ1v) is 9.40. The molecule has 2 aliphatic heterocycles. The van der Waals surface area contributed by atoms with Crippen LogP contribution in [-0.4, -0.2) is 55.4 Å². The average molecular weight is 347 g/mol. The Kier molecular flexibility index (Phi) is 6.50. The maximum atomic E-state index is 12.4. The van der Waals surface area contributed by atoms with Crippen LogP contribution in [-0.2, 0) is 11.2 Å². The van der Waals surface area contributed by atoms with E-state index in [0.717, 1.165) is 44.5 Å². The summed E-state index contributed by atoms with van der Waals surface area (Å²) in [6, 6.07) is 3.90. The van der Waals surface area contributed by atoms with Crippen molar-refractivity contribution in [1.82, 2.24) is 15.2 Å². The number of hydrogen-bond donors (Lipinski definition) is 1. The van der Waals surface area contributed by atoms with Crippen molar-refractivity contribution in [2.24, 2.45) is 5.92 Å². The Hall–Kier alpha value is -1.82. The number of nitrogens with one attached hydrogen (secondary N) is 1. The molecule has 6 heteroatoms. The van der Waals surface area contributed by atoms with E-state index in [-0.39, 0.29) is 6.03 Å². The lowest BCUT2D eigenvalue weighted by atomic mass is 9.87. The minimum Gasteiger partial charge on any atom is -0.481 e. The minimum atomic E-state index is 0.0332. The molecular weight excluding hydrogens is 318 g/mol. The highest BCUT2D eigenvalue weighted by Gasteiger charge is 2.29. The van der Waals surface area contributed by atoms with Crippen molar-refractivity contribution in [3.8, 4) is 5.88 Å². The monoisotopic (exact) mass is 347 g/mol. The van der Waals surface area contributed by atoms with Crippen LogP contribution in [0.4, 0.5) is 4.79 Å². The lowest BCUT2D eigenvalue weighted by Crippen LogP contribution is -2.47. The van der Waals surface area contributed by atoms with Gasteiger partial charge in [0.05, 0.1) is 13.2 Å². The third-order valence-corrected chi connectivity index (χ3v) is 5.28. The van der Waals surface area contributed by atoms with Crippen molar-refractivity contribution in [2.75, 3.05) is 33.4 Å². The van der Waals surface area contributed by atoms with Gasteiger partial charge in [-0.1, -0.05) is 6.07 Å². The molecule has 0 bridgehead atoms. The molecule has 3 heterocycles. The van der Waals surface area contributed by atoms with Gasteiger partial charge in [0.25, 0.3) is 0 Å². The topological polar surface area (TPSA) is 63.7 Å². The summed E-state index contributed by atoms with van der Waals surface area (Å²) in [4.78, 5) is 18.5. The molecule has 2 fully saturated rings. The Morgan fingerprint density at radius 2 is 2.20 bits per heavy atom. The van der Waals surface area contributed by atoms with Crippen LogP contribution in [0.3, 0.4) is 0 Å². The van der Waals surface area contributed by atoms with E-state index in [1.54, 1.807) is 13.3 Å². The van der Waals surface area contributed by atoms with Crippen molar-refractivity contribution >= 4 is 6.03 Å². The number of pyridine rings is 1. The van der Waals surface area contributed by atoms with E-state index >= 15 is 0 Å². The van der Waals surface area contributed by atoms with Gasteiger partial charge in [-0.25, -0.2) is 9.78 Å². The van der Waals surface area contributed by atoms with Crippen LogP contribution in [0.1, 0.15) is 37.7 Å². The standard InChI is InChI=1S/C19H29N3O3/c1-24-18-16(5-4-10-20-18)7-11-21-19(23)22-12-8-15(9-13-22)17-6-2-3-14-25-17/h4-5,10,15,17H,2-3,6-9,11-14H2,1H3,(H,21,23). The summed E-state index contributed by atoms with van der Waals surface area (Å²) in [7, 11) is 1.62. The van der Waals surface area contributed by atoms with Crippen molar-refractivity contribution < 1.29 is 14.3 Å². The quantitative estimate of drug-likeness (QED) is 0.889. The van der Waals surface area contributed by atoms with Crippen molar-refractivity contribution in [3.05, 3.63) is 23.9 Å². The highest BCUT2D eigenvalue weighted by atomic mass is 16.5. The summed E-state index contributed by atoms with van der Waals surface area (Å²) >= 11 is 0. The molecule has 1 unspecified atom stereocenters. The SMILES string of the molecule is COc1ncccc1CCNC(=O)N1CCC(C2CCCCO2)CC1. The number of piperidine rings is 1. The number of nitrogens with zero attached hydrogens (tertiary/aromatic N) is 2. The Morgan fingerprint density at radius 1 is 1.36 bits per heavy atom. The molecule has 6 nitrogen and oxygen atoms in total. The van der Waals surface area contributed by atoms with Gasteiger partial charge in [0.2, 0.25) is 5.88 Å². The molecule has 0 radical (unpaired) electrons. The van der Waals surface area contributed by atoms with Crippen molar-refractivity contribution in [1.29, 1.82) is 0 Å². The molecule has 1 N–H and O–H groups in total. The second-order valence-electron chi connectivity index (χ2n) is 6.88. The molecule has 2 amide bonds. The molecule has 3 rings (SSSR count). The molecular formula is C19H29N3O3. The summed E-state index contributed by atoms with van der Waals surface area (Å²) in [6.07, 6.45) is 8.60. The van der Waals surface area contributed by atoms with Crippen LogP contribution in [0.2, 0.25) is 0 Å². The number of carbonyl (C=O) groups is 1.